The minimum absolute atomic E-state index is 0.117. The Labute approximate surface area is 211 Å². The highest BCUT2D eigenvalue weighted by molar-refractivity contribution is 7.92. The monoisotopic (exact) mass is 520 g/mol. The fourth-order valence-corrected chi connectivity index (χ4v) is 5.40. The van der Waals surface area contributed by atoms with Gasteiger partial charge in [0.1, 0.15) is 11.6 Å². The molecule has 0 saturated carbocycles. The third kappa shape index (κ3) is 6.68. The highest BCUT2D eigenvalue weighted by Crippen LogP contribution is 2.41. The first-order valence-electron chi connectivity index (χ1n) is 11.9. The van der Waals surface area contributed by atoms with E-state index < -0.39 is 40.4 Å². The zero-order valence-electron chi connectivity index (χ0n) is 20.7. The van der Waals surface area contributed by atoms with Gasteiger partial charge < -0.3 is 15.3 Å². The molecule has 1 aromatic carbocycles. The van der Waals surface area contributed by atoms with Crippen molar-refractivity contribution in [2.75, 3.05) is 17.1 Å². The Bertz CT molecular complexity index is 1230. The van der Waals surface area contributed by atoms with Gasteiger partial charge in [-0.25, -0.2) is 17.8 Å². The molecule has 10 heteroatoms. The number of aromatic nitrogens is 1. The number of anilines is 1. The van der Waals surface area contributed by atoms with Gasteiger partial charge in [-0.15, -0.1) is 0 Å². The summed E-state index contributed by atoms with van der Waals surface area (Å²) >= 11 is 0. The third-order valence-corrected chi connectivity index (χ3v) is 7.26. The third-order valence-electron chi connectivity index (χ3n) is 6.11. The van der Waals surface area contributed by atoms with Gasteiger partial charge in [-0.3, -0.25) is 9.10 Å². The number of sulfonamides is 1. The van der Waals surface area contributed by atoms with E-state index in [-0.39, 0.29) is 12.3 Å². The molecule has 0 fully saturated rings. The highest BCUT2D eigenvalue weighted by atomic mass is 32.2. The van der Waals surface area contributed by atoms with Crippen molar-refractivity contribution in [3.05, 3.63) is 53.0 Å². The molecule has 0 aliphatic carbocycles. The maximum atomic E-state index is 13.8. The topological polar surface area (TPSA) is 128 Å². The molecule has 0 amide bonds. The number of nitrogens with zero attached hydrogens (tertiary/aromatic N) is 2. The Morgan fingerprint density at radius 1 is 1.19 bits per heavy atom. The van der Waals surface area contributed by atoms with Gasteiger partial charge in [0, 0.05) is 24.1 Å². The zero-order chi connectivity index (χ0) is 26.6. The van der Waals surface area contributed by atoms with Crippen LogP contribution in [0.2, 0.25) is 0 Å². The molecule has 1 aliphatic rings. The summed E-state index contributed by atoms with van der Waals surface area (Å²) in [5.74, 6) is -1.31. The van der Waals surface area contributed by atoms with Crippen LogP contribution in [0.25, 0.3) is 17.2 Å². The van der Waals surface area contributed by atoms with Crippen LogP contribution in [0, 0.1) is 5.82 Å². The number of hydrogen-bond donors (Lipinski definition) is 3. The lowest BCUT2D eigenvalue weighted by Gasteiger charge is -2.26. The number of rotatable bonds is 9. The first kappa shape index (κ1) is 27.8. The average Bonchev–Trinajstić information content (AvgIpc) is 2.99. The van der Waals surface area contributed by atoms with Crippen LogP contribution in [0.4, 0.5) is 10.2 Å². The van der Waals surface area contributed by atoms with Crippen molar-refractivity contribution >= 4 is 27.9 Å². The van der Waals surface area contributed by atoms with E-state index in [1.54, 1.807) is 18.2 Å². The average molecular weight is 521 g/mol. The summed E-state index contributed by atoms with van der Waals surface area (Å²) in [6.07, 6.45) is 3.30. The number of aliphatic hydroxyl groups excluding tert-OH is 2. The number of halogens is 1. The summed E-state index contributed by atoms with van der Waals surface area (Å²) in [7, 11) is -3.60. The van der Waals surface area contributed by atoms with Crippen LogP contribution in [0.3, 0.4) is 0 Å². The molecule has 196 valence electrons. The van der Waals surface area contributed by atoms with Crippen LogP contribution in [0.1, 0.15) is 62.3 Å². The zero-order valence-corrected chi connectivity index (χ0v) is 21.5. The number of fused-ring (bicyclic) bond motifs is 1. The highest BCUT2D eigenvalue weighted by Gasteiger charge is 2.30. The molecule has 2 heterocycles. The number of benzene rings is 1. The lowest BCUT2D eigenvalue weighted by molar-refractivity contribution is -0.139. The molecule has 1 aromatic heterocycles. The number of carboxylic acids is 1. The first-order chi connectivity index (χ1) is 16.9. The van der Waals surface area contributed by atoms with Gasteiger partial charge in [-0.1, -0.05) is 38.1 Å². The van der Waals surface area contributed by atoms with E-state index >= 15 is 0 Å². The van der Waals surface area contributed by atoms with E-state index in [0.29, 0.717) is 47.6 Å². The van der Waals surface area contributed by atoms with Crippen molar-refractivity contribution in [1.82, 2.24) is 4.98 Å². The Kier molecular flexibility index (Phi) is 8.86. The molecule has 8 nitrogen and oxygen atoms in total. The lowest BCUT2D eigenvalue weighted by atomic mass is 9.88. The second kappa shape index (κ2) is 11.5. The van der Waals surface area contributed by atoms with Crippen LogP contribution < -0.4 is 4.31 Å². The Morgan fingerprint density at radius 3 is 2.44 bits per heavy atom. The predicted octanol–water partition coefficient (Wildman–Crippen LogP) is 3.71. The van der Waals surface area contributed by atoms with E-state index in [9.17, 15) is 27.8 Å². The van der Waals surface area contributed by atoms with Gasteiger partial charge in [0.25, 0.3) is 0 Å². The van der Waals surface area contributed by atoms with Crippen molar-refractivity contribution < 1.29 is 32.9 Å². The number of carbonyl (C=O) groups is 1. The molecule has 3 N–H and O–H groups in total. The van der Waals surface area contributed by atoms with Crippen LogP contribution in [0.15, 0.2) is 30.3 Å². The molecule has 1 unspecified atom stereocenters. The smallest absolute Gasteiger partial charge is 0.305 e. The summed E-state index contributed by atoms with van der Waals surface area (Å²) in [4.78, 5) is 15.7. The fourth-order valence-electron chi connectivity index (χ4n) is 4.48. The van der Waals surface area contributed by atoms with Gasteiger partial charge >= 0.3 is 5.97 Å². The fraction of sp³-hybridized carbons (Fsp3) is 0.462. The van der Waals surface area contributed by atoms with Crippen molar-refractivity contribution in [1.29, 1.82) is 0 Å². The van der Waals surface area contributed by atoms with E-state index in [4.69, 9.17) is 10.1 Å². The lowest BCUT2D eigenvalue weighted by Crippen LogP contribution is -2.32. The molecule has 3 rings (SSSR count). The van der Waals surface area contributed by atoms with E-state index in [1.165, 1.54) is 22.5 Å². The Morgan fingerprint density at radius 2 is 1.86 bits per heavy atom. The summed E-state index contributed by atoms with van der Waals surface area (Å²) in [6.45, 7) is 4.17. The first-order valence-corrected chi connectivity index (χ1v) is 13.8. The number of carboxylic acid groups (broad SMARTS) is 1. The molecule has 0 bridgehead atoms. The SMILES string of the molecule is CC(C)c1nc2c(c(-c3ccc(F)cc3)c1C=CC(O)C[C@@H](O)CC(=O)O)CCCCN2S(C)(=O)=O. The quantitative estimate of drug-likeness (QED) is 0.460. The molecular weight excluding hydrogens is 487 g/mol. The Hall–Kier alpha value is -2.82. The second-order valence-electron chi connectivity index (χ2n) is 9.46. The van der Waals surface area contributed by atoms with Crippen LogP contribution in [-0.2, 0) is 21.2 Å². The van der Waals surface area contributed by atoms with Gasteiger partial charge in [0.15, 0.2) is 0 Å². The van der Waals surface area contributed by atoms with Crippen LogP contribution >= 0.6 is 0 Å². The number of aliphatic hydroxyl groups is 2. The minimum Gasteiger partial charge on any atom is -0.481 e. The van der Waals surface area contributed by atoms with E-state index in [1.807, 2.05) is 13.8 Å². The van der Waals surface area contributed by atoms with Crippen molar-refractivity contribution in [2.45, 2.75) is 64.1 Å². The number of hydrogen-bond acceptors (Lipinski definition) is 6. The Balaban J connectivity index is 2.23. The molecule has 0 spiro atoms. The van der Waals surface area contributed by atoms with Gasteiger partial charge in [0.05, 0.1) is 30.6 Å². The summed E-state index contributed by atoms with van der Waals surface area (Å²) in [5.41, 5.74) is 3.41. The van der Waals surface area contributed by atoms with E-state index in [0.717, 1.165) is 18.2 Å². The van der Waals surface area contributed by atoms with Gasteiger partial charge in [-0.05, 0) is 48.4 Å². The van der Waals surface area contributed by atoms with Crippen LogP contribution in [-0.4, -0.2) is 59.7 Å². The standard InChI is InChI=1S/C26H33FN2O6S/c1-16(2)25-21(12-11-19(30)14-20(31)15-23(32)33)24(17-7-9-18(27)10-8-17)22-6-4-5-13-29(26(22)28-25)36(3,34)35/h7-12,16,19-20,30-31H,4-6,13-15H2,1-3H3,(H,32,33)/t19?,20-/m1/s1. The summed E-state index contributed by atoms with van der Waals surface area (Å²) < 4.78 is 40.5. The minimum atomic E-state index is -3.60. The largest absolute Gasteiger partial charge is 0.481 e. The number of aliphatic carboxylic acids is 1. The van der Waals surface area contributed by atoms with Crippen molar-refractivity contribution in [2.24, 2.45) is 0 Å². The maximum absolute atomic E-state index is 13.8. The van der Waals surface area contributed by atoms with E-state index in [2.05, 4.69) is 0 Å². The molecular formula is C26H33FN2O6S. The molecule has 1 aliphatic heterocycles. The number of pyridine rings is 1. The van der Waals surface area contributed by atoms with Gasteiger partial charge in [-0.2, -0.15) is 0 Å². The molecule has 2 aromatic rings. The summed E-state index contributed by atoms with van der Waals surface area (Å²) in [5, 5.41) is 29.2. The summed E-state index contributed by atoms with van der Waals surface area (Å²) in [6, 6.07) is 5.95. The molecule has 0 radical (unpaired) electrons. The molecule has 2 atom stereocenters. The molecule has 0 saturated heterocycles. The predicted molar refractivity (Wildman–Crippen MR) is 137 cm³/mol. The molecule has 36 heavy (non-hydrogen) atoms. The van der Waals surface area contributed by atoms with Crippen molar-refractivity contribution in [3.63, 3.8) is 0 Å². The van der Waals surface area contributed by atoms with Crippen LogP contribution in [0.5, 0.6) is 0 Å². The van der Waals surface area contributed by atoms with Gasteiger partial charge in [0.2, 0.25) is 10.0 Å². The normalized spacial score (nSPS) is 16.1. The second-order valence-corrected chi connectivity index (χ2v) is 11.4. The maximum Gasteiger partial charge on any atom is 0.305 e. The van der Waals surface area contributed by atoms with Crippen molar-refractivity contribution in [3.8, 4) is 11.1 Å².